The molecule has 25 heavy (non-hydrogen) atoms. The molecule has 0 aliphatic carbocycles. The van der Waals surface area contributed by atoms with Gasteiger partial charge in [-0.05, 0) is 26.7 Å². The van der Waals surface area contributed by atoms with Crippen molar-refractivity contribution >= 4 is 11.7 Å². The Labute approximate surface area is 146 Å². The SMILES string of the molecule is CC1(C)CC(=O)c2c(O)cc(OCC(=O)NC[C@H]3CCCO3)cc2O1. The molecule has 1 amide bonds. The van der Waals surface area contributed by atoms with E-state index in [9.17, 15) is 14.7 Å². The van der Waals surface area contributed by atoms with E-state index in [0.717, 1.165) is 19.4 Å². The Hall–Kier alpha value is -2.28. The van der Waals surface area contributed by atoms with Gasteiger partial charge in [-0.25, -0.2) is 0 Å². The van der Waals surface area contributed by atoms with Crippen LogP contribution in [0.3, 0.4) is 0 Å². The number of benzene rings is 1. The van der Waals surface area contributed by atoms with E-state index in [4.69, 9.17) is 14.2 Å². The first-order chi connectivity index (χ1) is 11.8. The van der Waals surface area contributed by atoms with Gasteiger partial charge in [-0.3, -0.25) is 9.59 Å². The molecule has 3 rings (SSSR count). The Balaban J connectivity index is 1.60. The number of carbonyl (C=O) groups excluding carboxylic acids is 2. The fourth-order valence-electron chi connectivity index (χ4n) is 3.06. The Kier molecular flexibility index (Phi) is 4.85. The lowest BCUT2D eigenvalue weighted by Crippen LogP contribution is -2.36. The van der Waals surface area contributed by atoms with Crippen LogP contribution >= 0.6 is 0 Å². The Morgan fingerprint density at radius 1 is 1.44 bits per heavy atom. The van der Waals surface area contributed by atoms with Crippen LogP contribution in [-0.4, -0.2) is 48.3 Å². The highest BCUT2D eigenvalue weighted by molar-refractivity contribution is 6.03. The lowest BCUT2D eigenvalue weighted by Gasteiger charge is -2.32. The van der Waals surface area contributed by atoms with Crippen LogP contribution in [0, 0.1) is 0 Å². The number of hydrogen-bond donors (Lipinski definition) is 2. The molecule has 0 aromatic heterocycles. The highest BCUT2D eigenvalue weighted by atomic mass is 16.5. The zero-order valence-electron chi connectivity index (χ0n) is 14.5. The molecule has 2 aliphatic rings. The highest BCUT2D eigenvalue weighted by Crippen LogP contribution is 2.40. The summed E-state index contributed by atoms with van der Waals surface area (Å²) in [5, 5.41) is 12.8. The van der Waals surface area contributed by atoms with Gasteiger partial charge in [0.25, 0.3) is 5.91 Å². The molecule has 0 unspecified atom stereocenters. The molecule has 7 nitrogen and oxygen atoms in total. The zero-order valence-corrected chi connectivity index (χ0v) is 14.5. The molecule has 0 saturated carbocycles. The number of phenolic OH excluding ortho intramolecular Hbond substituents is 1. The number of phenols is 1. The first-order valence-corrected chi connectivity index (χ1v) is 8.44. The molecule has 1 aromatic carbocycles. The summed E-state index contributed by atoms with van der Waals surface area (Å²) in [6, 6.07) is 2.85. The van der Waals surface area contributed by atoms with Crippen LogP contribution in [0.5, 0.6) is 17.2 Å². The van der Waals surface area contributed by atoms with Gasteiger partial charge < -0.3 is 24.6 Å². The van der Waals surface area contributed by atoms with E-state index in [2.05, 4.69) is 5.32 Å². The molecule has 1 fully saturated rings. The molecule has 136 valence electrons. The number of ether oxygens (including phenoxy) is 3. The van der Waals surface area contributed by atoms with Crippen molar-refractivity contribution in [1.82, 2.24) is 5.32 Å². The monoisotopic (exact) mass is 349 g/mol. The third-order valence-electron chi connectivity index (χ3n) is 4.23. The number of Topliss-reactive ketones (excluding diaryl/α,β-unsaturated/α-hetero) is 1. The highest BCUT2D eigenvalue weighted by Gasteiger charge is 2.35. The van der Waals surface area contributed by atoms with Gasteiger partial charge in [-0.2, -0.15) is 0 Å². The Morgan fingerprint density at radius 3 is 2.96 bits per heavy atom. The van der Waals surface area contributed by atoms with Gasteiger partial charge in [0.05, 0.1) is 12.5 Å². The molecule has 0 spiro atoms. The summed E-state index contributed by atoms with van der Waals surface area (Å²) < 4.78 is 16.6. The predicted octanol–water partition coefficient (Wildman–Crippen LogP) is 1.81. The summed E-state index contributed by atoms with van der Waals surface area (Å²) in [7, 11) is 0. The molecule has 2 aliphatic heterocycles. The van der Waals surface area contributed by atoms with Crippen LogP contribution in [0.2, 0.25) is 0 Å². The second-order valence-corrected chi connectivity index (χ2v) is 7.01. The van der Waals surface area contributed by atoms with Crippen LogP contribution in [-0.2, 0) is 9.53 Å². The third kappa shape index (κ3) is 4.22. The fraction of sp³-hybridized carbons (Fsp3) is 0.556. The van der Waals surface area contributed by atoms with E-state index < -0.39 is 5.60 Å². The summed E-state index contributed by atoms with van der Waals surface area (Å²) in [6.45, 7) is 4.61. The van der Waals surface area contributed by atoms with Crippen molar-refractivity contribution in [2.45, 2.75) is 44.8 Å². The molecular formula is C18H23NO6. The molecule has 2 heterocycles. The standard InChI is InChI=1S/C18H23NO6/c1-18(2)8-14(21)17-13(20)6-12(7-15(17)25-18)24-10-16(22)19-9-11-4-3-5-23-11/h6-7,11,20H,3-5,8-10H2,1-2H3,(H,19,22)/t11-/m1/s1. The molecule has 0 radical (unpaired) electrons. The fourth-order valence-corrected chi connectivity index (χ4v) is 3.06. The summed E-state index contributed by atoms with van der Waals surface area (Å²) >= 11 is 0. The molecular weight excluding hydrogens is 326 g/mol. The van der Waals surface area contributed by atoms with Crippen molar-refractivity contribution in [3.05, 3.63) is 17.7 Å². The van der Waals surface area contributed by atoms with Crippen molar-refractivity contribution in [2.24, 2.45) is 0 Å². The number of rotatable bonds is 5. The maximum absolute atomic E-state index is 12.2. The van der Waals surface area contributed by atoms with Crippen molar-refractivity contribution in [3.8, 4) is 17.2 Å². The zero-order chi connectivity index (χ0) is 18.0. The molecule has 1 atom stereocenters. The molecule has 1 aromatic rings. The van der Waals surface area contributed by atoms with Gasteiger partial charge in [0.15, 0.2) is 12.4 Å². The van der Waals surface area contributed by atoms with Gasteiger partial charge >= 0.3 is 0 Å². The normalized spacial score (nSPS) is 21.4. The van der Waals surface area contributed by atoms with Crippen LogP contribution in [0.15, 0.2) is 12.1 Å². The van der Waals surface area contributed by atoms with Gasteiger partial charge in [-0.1, -0.05) is 0 Å². The lowest BCUT2D eigenvalue weighted by molar-refractivity contribution is -0.123. The summed E-state index contributed by atoms with van der Waals surface area (Å²) in [5.41, 5.74) is -0.483. The quantitative estimate of drug-likeness (QED) is 0.842. The van der Waals surface area contributed by atoms with E-state index >= 15 is 0 Å². The van der Waals surface area contributed by atoms with Crippen molar-refractivity contribution < 1.29 is 28.9 Å². The van der Waals surface area contributed by atoms with Gasteiger partial charge in [-0.15, -0.1) is 0 Å². The minimum atomic E-state index is -0.645. The van der Waals surface area contributed by atoms with Crippen LogP contribution in [0.4, 0.5) is 0 Å². The largest absolute Gasteiger partial charge is 0.507 e. The number of ketones is 1. The maximum atomic E-state index is 12.2. The predicted molar refractivity (Wildman–Crippen MR) is 89.2 cm³/mol. The van der Waals surface area contributed by atoms with E-state index in [1.165, 1.54) is 12.1 Å². The first kappa shape index (κ1) is 17.5. The van der Waals surface area contributed by atoms with Gasteiger partial charge in [0, 0.05) is 25.3 Å². The summed E-state index contributed by atoms with van der Waals surface area (Å²) in [4.78, 5) is 24.0. The smallest absolute Gasteiger partial charge is 0.258 e. The molecule has 0 bridgehead atoms. The molecule has 1 saturated heterocycles. The van der Waals surface area contributed by atoms with Gasteiger partial charge in [0.2, 0.25) is 0 Å². The van der Waals surface area contributed by atoms with E-state index in [0.29, 0.717) is 6.54 Å². The second kappa shape index (κ2) is 6.92. The Bertz CT molecular complexity index is 678. The number of fused-ring (bicyclic) bond motifs is 1. The Morgan fingerprint density at radius 2 is 2.24 bits per heavy atom. The van der Waals surface area contributed by atoms with Crippen LogP contribution < -0.4 is 14.8 Å². The van der Waals surface area contributed by atoms with Crippen LogP contribution in [0.1, 0.15) is 43.5 Å². The van der Waals surface area contributed by atoms with E-state index in [1.807, 2.05) is 0 Å². The minimum Gasteiger partial charge on any atom is -0.507 e. The number of carbonyl (C=O) groups is 2. The number of hydrogen-bond acceptors (Lipinski definition) is 6. The van der Waals surface area contributed by atoms with Gasteiger partial charge in [0.1, 0.15) is 28.4 Å². The number of aromatic hydroxyl groups is 1. The van der Waals surface area contributed by atoms with Crippen molar-refractivity contribution in [2.75, 3.05) is 19.8 Å². The number of amides is 1. The van der Waals surface area contributed by atoms with Crippen LogP contribution in [0.25, 0.3) is 0 Å². The number of nitrogens with one attached hydrogen (secondary N) is 1. The van der Waals surface area contributed by atoms with Crippen molar-refractivity contribution in [1.29, 1.82) is 0 Å². The molecule has 7 heteroatoms. The maximum Gasteiger partial charge on any atom is 0.258 e. The third-order valence-corrected chi connectivity index (χ3v) is 4.23. The van der Waals surface area contributed by atoms with E-state index in [-0.39, 0.29) is 53.6 Å². The second-order valence-electron chi connectivity index (χ2n) is 7.01. The minimum absolute atomic E-state index is 0.0679. The van der Waals surface area contributed by atoms with Crippen molar-refractivity contribution in [3.63, 3.8) is 0 Å². The van der Waals surface area contributed by atoms with E-state index in [1.54, 1.807) is 13.8 Å². The topological polar surface area (TPSA) is 94.1 Å². The summed E-state index contributed by atoms with van der Waals surface area (Å²) in [6.07, 6.45) is 2.22. The first-order valence-electron chi connectivity index (χ1n) is 8.44. The molecule has 2 N–H and O–H groups in total. The summed E-state index contributed by atoms with van der Waals surface area (Å²) in [5.74, 6) is -0.104. The average Bonchev–Trinajstić information content (AvgIpc) is 3.02. The average molecular weight is 349 g/mol. The lowest BCUT2D eigenvalue weighted by atomic mass is 9.92.